The number of halogens is 4. The lowest BCUT2D eigenvalue weighted by Gasteiger charge is -1.98. The van der Waals surface area contributed by atoms with Crippen LogP contribution in [0.15, 0.2) is 0 Å². The molecule has 0 saturated carbocycles. The van der Waals surface area contributed by atoms with Gasteiger partial charge >= 0.3 is 5.97 Å². The van der Waals surface area contributed by atoms with Crippen molar-refractivity contribution >= 4 is 24.2 Å². The number of Topliss-reactive ketones (excluding diaryl/α,β-unsaturated/α-hetero) is 1. The first-order chi connectivity index (χ1) is 4.46. The molecule has 0 heterocycles. The molecule has 0 fully saturated rings. The van der Waals surface area contributed by atoms with Crippen molar-refractivity contribution in [2.24, 2.45) is 0 Å². The molecular formula is C4H4ClF3O3. The Morgan fingerprint density at radius 2 is 1.55 bits per heavy atom. The minimum Gasteiger partial charge on any atom is -0.479 e. The van der Waals surface area contributed by atoms with E-state index in [-0.39, 0.29) is 12.4 Å². The van der Waals surface area contributed by atoms with E-state index >= 15 is 0 Å². The highest BCUT2D eigenvalue weighted by Crippen LogP contribution is 2.02. The molecule has 66 valence electrons. The van der Waals surface area contributed by atoms with Gasteiger partial charge in [-0.25, -0.2) is 18.0 Å². The Morgan fingerprint density at radius 1 is 1.18 bits per heavy atom. The normalized spacial score (nSPS) is 12.0. The number of aliphatic carboxylic acids is 1. The second kappa shape index (κ2) is 4.95. The Bertz CT molecular complexity index is 161. The number of ketones is 1. The molecular weight excluding hydrogens is 188 g/mol. The lowest BCUT2D eigenvalue weighted by Crippen LogP contribution is -2.30. The zero-order chi connectivity index (χ0) is 8.31. The van der Waals surface area contributed by atoms with Crippen LogP contribution < -0.4 is 0 Å². The second-order valence-electron chi connectivity index (χ2n) is 1.40. The average molecular weight is 193 g/mol. The van der Waals surface area contributed by atoms with E-state index in [0.717, 1.165) is 0 Å². The van der Waals surface area contributed by atoms with Gasteiger partial charge in [0.25, 0.3) is 12.6 Å². The van der Waals surface area contributed by atoms with Gasteiger partial charge in [-0.15, -0.1) is 12.4 Å². The Kier molecular flexibility index (Phi) is 5.78. The van der Waals surface area contributed by atoms with E-state index in [1.54, 1.807) is 0 Å². The highest BCUT2D eigenvalue weighted by atomic mass is 35.5. The van der Waals surface area contributed by atoms with E-state index < -0.39 is 24.3 Å². The van der Waals surface area contributed by atoms with E-state index in [1.165, 1.54) is 0 Å². The minimum absolute atomic E-state index is 0. The van der Waals surface area contributed by atoms with Crippen molar-refractivity contribution in [2.45, 2.75) is 12.6 Å². The summed E-state index contributed by atoms with van der Waals surface area (Å²) in [4.78, 5) is 19.3. The summed E-state index contributed by atoms with van der Waals surface area (Å²) in [5.74, 6) is -4.40. The van der Waals surface area contributed by atoms with Crippen molar-refractivity contribution < 1.29 is 27.9 Å². The van der Waals surface area contributed by atoms with Gasteiger partial charge in [0.1, 0.15) is 0 Å². The molecule has 0 radical (unpaired) electrons. The zero-order valence-corrected chi connectivity index (χ0v) is 5.78. The van der Waals surface area contributed by atoms with Crippen LogP contribution in [-0.2, 0) is 9.59 Å². The van der Waals surface area contributed by atoms with Crippen LogP contribution in [-0.4, -0.2) is 29.5 Å². The standard InChI is InChI=1S/C4H3F3O3.ClH/c5-1(4(9)10)2(8)3(6)7;/h1,3H,(H,9,10);1H. The summed E-state index contributed by atoms with van der Waals surface area (Å²) in [6.45, 7) is 0. The summed E-state index contributed by atoms with van der Waals surface area (Å²) in [6.07, 6.45) is -6.67. The average Bonchev–Trinajstić information content (AvgIpc) is 1.84. The second-order valence-corrected chi connectivity index (χ2v) is 1.40. The maximum Gasteiger partial charge on any atom is 0.346 e. The van der Waals surface area contributed by atoms with Gasteiger partial charge < -0.3 is 5.11 Å². The SMILES string of the molecule is Cl.O=C(O)C(F)C(=O)C(F)F. The van der Waals surface area contributed by atoms with Gasteiger partial charge in [0.15, 0.2) is 0 Å². The summed E-state index contributed by atoms with van der Waals surface area (Å²) < 4.78 is 34.1. The Hall–Kier alpha value is -0.780. The smallest absolute Gasteiger partial charge is 0.346 e. The van der Waals surface area contributed by atoms with Crippen LogP contribution >= 0.6 is 12.4 Å². The van der Waals surface area contributed by atoms with E-state index in [4.69, 9.17) is 5.11 Å². The largest absolute Gasteiger partial charge is 0.479 e. The Labute approximate surface area is 65.6 Å². The van der Waals surface area contributed by atoms with Crippen LogP contribution in [0.5, 0.6) is 0 Å². The fraction of sp³-hybridized carbons (Fsp3) is 0.500. The summed E-state index contributed by atoms with van der Waals surface area (Å²) >= 11 is 0. The molecule has 0 bridgehead atoms. The van der Waals surface area contributed by atoms with Crippen LogP contribution in [0.4, 0.5) is 13.2 Å². The number of alkyl halides is 3. The summed E-state index contributed by atoms with van der Waals surface area (Å²) in [5, 5.41) is 7.67. The van der Waals surface area contributed by atoms with Crippen molar-refractivity contribution in [3.05, 3.63) is 0 Å². The summed E-state index contributed by atoms with van der Waals surface area (Å²) in [5.41, 5.74) is 0. The number of hydrogen-bond acceptors (Lipinski definition) is 2. The third-order valence-electron chi connectivity index (χ3n) is 0.682. The fourth-order valence-corrected chi connectivity index (χ4v) is 0.232. The fourth-order valence-electron chi connectivity index (χ4n) is 0.232. The zero-order valence-electron chi connectivity index (χ0n) is 4.96. The maximum absolute atomic E-state index is 11.7. The number of rotatable bonds is 3. The number of carbonyl (C=O) groups is 2. The molecule has 0 aromatic rings. The van der Waals surface area contributed by atoms with E-state index in [0.29, 0.717) is 0 Å². The van der Waals surface area contributed by atoms with Crippen LogP contribution in [0, 0.1) is 0 Å². The monoisotopic (exact) mass is 192 g/mol. The lowest BCUT2D eigenvalue weighted by molar-refractivity contribution is -0.151. The highest BCUT2D eigenvalue weighted by molar-refractivity contribution is 6.02. The first kappa shape index (κ1) is 12.9. The molecule has 0 amide bonds. The molecule has 3 nitrogen and oxygen atoms in total. The van der Waals surface area contributed by atoms with Gasteiger partial charge in [0.2, 0.25) is 5.78 Å². The predicted octanol–water partition coefficient (Wildman–Crippen LogP) is 0.665. The van der Waals surface area contributed by atoms with Crippen LogP contribution in [0.25, 0.3) is 0 Å². The van der Waals surface area contributed by atoms with Crippen LogP contribution in [0.2, 0.25) is 0 Å². The van der Waals surface area contributed by atoms with Gasteiger partial charge in [-0.2, -0.15) is 0 Å². The van der Waals surface area contributed by atoms with Gasteiger partial charge in [-0.3, -0.25) is 4.79 Å². The highest BCUT2D eigenvalue weighted by Gasteiger charge is 2.32. The summed E-state index contributed by atoms with van der Waals surface area (Å²) in [6, 6.07) is 0. The van der Waals surface area contributed by atoms with Crippen LogP contribution in [0.3, 0.4) is 0 Å². The van der Waals surface area contributed by atoms with Crippen molar-refractivity contribution in [3.8, 4) is 0 Å². The molecule has 1 unspecified atom stereocenters. The summed E-state index contributed by atoms with van der Waals surface area (Å²) in [7, 11) is 0. The number of carboxylic acid groups (broad SMARTS) is 1. The topological polar surface area (TPSA) is 54.4 Å². The van der Waals surface area contributed by atoms with Crippen molar-refractivity contribution in [1.29, 1.82) is 0 Å². The third-order valence-corrected chi connectivity index (χ3v) is 0.682. The van der Waals surface area contributed by atoms with E-state index in [9.17, 15) is 22.8 Å². The van der Waals surface area contributed by atoms with Gasteiger partial charge in [0.05, 0.1) is 0 Å². The third kappa shape index (κ3) is 3.82. The molecule has 0 aromatic heterocycles. The van der Waals surface area contributed by atoms with Gasteiger partial charge in [-0.05, 0) is 0 Å². The molecule has 0 aliphatic carbocycles. The van der Waals surface area contributed by atoms with Gasteiger partial charge in [0, 0.05) is 0 Å². The Balaban J connectivity index is 0. The Morgan fingerprint density at radius 3 is 1.64 bits per heavy atom. The molecule has 0 aliphatic heterocycles. The van der Waals surface area contributed by atoms with E-state index in [1.807, 2.05) is 0 Å². The first-order valence-corrected chi connectivity index (χ1v) is 2.15. The number of carboxylic acids is 1. The van der Waals surface area contributed by atoms with Crippen molar-refractivity contribution in [3.63, 3.8) is 0 Å². The first-order valence-electron chi connectivity index (χ1n) is 2.15. The van der Waals surface area contributed by atoms with Crippen LogP contribution in [0.1, 0.15) is 0 Å². The lowest BCUT2D eigenvalue weighted by atomic mass is 10.3. The molecule has 7 heteroatoms. The molecule has 1 atom stereocenters. The van der Waals surface area contributed by atoms with Gasteiger partial charge in [-0.1, -0.05) is 0 Å². The molecule has 0 aliphatic rings. The van der Waals surface area contributed by atoms with Crippen molar-refractivity contribution in [1.82, 2.24) is 0 Å². The van der Waals surface area contributed by atoms with Crippen molar-refractivity contribution in [2.75, 3.05) is 0 Å². The molecule has 1 N–H and O–H groups in total. The molecule has 0 saturated heterocycles. The van der Waals surface area contributed by atoms with E-state index in [2.05, 4.69) is 0 Å². The number of hydrogen-bond donors (Lipinski definition) is 1. The predicted molar refractivity (Wildman–Crippen MR) is 30.8 cm³/mol. The minimum atomic E-state index is -3.56. The quantitative estimate of drug-likeness (QED) is 0.669. The molecule has 0 spiro atoms. The molecule has 11 heavy (non-hydrogen) atoms. The maximum atomic E-state index is 11.7. The molecule has 0 rings (SSSR count). The number of carbonyl (C=O) groups excluding carboxylic acids is 1. The molecule has 0 aromatic carbocycles.